The second-order valence-corrected chi connectivity index (χ2v) is 5.67. The van der Waals surface area contributed by atoms with E-state index in [-0.39, 0.29) is 17.6 Å². The molecule has 1 saturated heterocycles. The Morgan fingerprint density at radius 2 is 1.89 bits per heavy atom. The van der Waals surface area contributed by atoms with Gasteiger partial charge in [0.2, 0.25) is 11.8 Å². The van der Waals surface area contributed by atoms with Crippen molar-refractivity contribution in [2.75, 3.05) is 4.90 Å². The smallest absolute Gasteiger partial charge is 0.240 e. The van der Waals surface area contributed by atoms with Crippen molar-refractivity contribution in [3.8, 4) is 5.75 Å². The molecule has 3 rings (SSSR count). The normalized spacial score (nSPS) is 21.6. The lowest BCUT2D eigenvalue weighted by molar-refractivity contribution is -0.125. The Bertz CT molecular complexity index is 559. The quantitative estimate of drug-likeness (QED) is 0.788. The Balaban J connectivity index is 1.98. The molecule has 2 amide bonds. The number of nitrogens with zero attached hydrogens (tertiary/aromatic N) is 1. The van der Waals surface area contributed by atoms with Crippen LogP contribution in [0.3, 0.4) is 0 Å². The van der Waals surface area contributed by atoms with Crippen LogP contribution in [0.5, 0.6) is 5.75 Å². The van der Waals surface area contributed by atoms with Crippen LogP contribution in [0, 0.1) is 12.3 Å². The van der Waals surface area contributed by atoms with Crippen LogP contribution in [0.2, 0.25) is 0 Å². The number of amides is 2. The standard InChI is InChI=1S/C15H17NO3/c1-10-8-11(4-5-12(10)17)16-13(18)9-15(14(16)19)6-2-3-7-15/h4-5,8,17H,2-3,6-7,9H2,1H3. The molecule has 2 aliphatic rings. The maximum atomic E-state index is 12.6. The summed E-state index contributed by atoms with van der Waals surface area (Å²) in [5.41, 5.74) is 0.808. The second kappa shape index (κ2) is 4.08. The number of carbonyl (C=O) groups excluding carboxylic acids is 2. The van der Waals surface area contributed by atoms with Gasteiger partial charge in [0.25, 0.3) is 0 Å². The zero-order chi connectivity index (χ0) is 13.6. The molecule has 1 saturated carbocycles. The van der Waals surface area contributed by atoms with Gasteiger partial charge in [-0.2, -0.15) is 0 Å². The summed E-state index contributed by atoms with van der Waals surface area (Å²) >= 11 is 0. The Hall–Kier alpha value is -1.84. The molecule has 1 aliphatic heterocycles. The Morgan fingerprint density at radius 1 is 1.21 bits per heavy atom. The molecule has 1 aliphatic carbocycles. The predicted octanol–water partition coefficient (Wildman–Crippen LogP) is 2.52. The molecule has 1 aromatic carbocycles. The number of anilines is 1. The van der Waals surface area contributed by atoms with Crippen LogP contribution < -0.4 is 4.90 Å². The van der Waals surface area contributed by atoms with Crippen molar-refractivity contribution in [1.82, 2.24) is 0 Å². The molecule has 2 fully saturated rings. The minimum Gasteiger partial charge on any atom is -0.508 e. The van der Waals surface area contributed by atoms with E-state index in [0.29, 0.717) is 17.7 Å². The largest absolute Gasteiger partial charge is 0.508 e. The van der Waals surface area contributed by atoms with Crippen LogP contribution in [-0.4, -0.2) is 16.9 Å². The molecule has 100 valence electrons. The number of rotatable bonds is 1. The van der Waals surface area contributed by atoms with Gasteiger partial charge >= 0.3 is 0 Å². The van der Waals surface area contributed by atoms with E-state index in [9.17, 15) is 14.7 Å². The third-order valence-corrected chi connectivity index (χ3v) is 4.40. The maximum Gasteiger partial charge on any atom is 0.240 e. The van der Waals surface area contributed by atoms with Gasteiger partial charge in [0.1, 0.15) is 5.75 Å². The van der Waals surface area contributed by atoms with Crippen molar-refractivity contribution >= 4 is 17.5 Å². The summed E-state index contributed by atoms with van der Waals surface area (Å²) in [6.45, 7) is 1.76. The molecule has 4 heteroatoms. The number of imide groups is 1. The SMILES string of the molecule is Cc1cc(N2C(=O)CC3(CCCC3)C2=O)ccc1O. The Morgan fingerprint density at radius 3 is 2.53 bits per heavy atom. The molecule has 1 spiro atoms. The van der Waals surface area contributed by atoms with Gasteiger partial charge in [-0.1, -0.05) is 12.8 Å². The summed E-state index contributed by atoms with van der Waals surface area (Å²) in [5.74, 6) is 0.00973. The maximum absolute atomic E-state index is 12.6. The summed E-state index contributed by atoms with van der Waals surface area (Å²) in [7, 11) is 0. The Labute approximate surface area is 112 Å². The van der Waals surface area contributed by atoms with Crippen LogP contribution in [0.25, 0.3) is 0 Å². The highest BCUT2D eigenvalue weighted by Crippen LogP contribution is 2.48. The number of phenolic OH excluding ortho intramolecular Hbond substituents is 1. The summed E-state index contributed by atoms with van der Waals surface area (Å²) in [4.78, 5) is 26.1. The minimum atomic E-state index is -0.442. The van der Waals surface area contributed by atoms with Crippen LogP contribution in [-0.2, 0) is 9.59 Å². The lowest BCUT2D eigenvalue weighted by Crippen LogP contribution is -2.34. The van der Waals surface area contributed by atoms with Gasteiger partial charge in [0, 0.05) is 6.42 Å². The predicted molar refractivity (Wildman–Crippen MR) is 70.9 cm³/mol. The van der Waals surface area contributed by atoms with Gasteiger partial charge in [-0.3, -0.25) is 14.5 Å². The molecule has 0 aromatic heterocycles. The molecule has 0 unspecified atom stereocenters. The number of carbonyl (C=O) groups is 2. The zero-order valence-electron chi connectivity index (χ0n) is 11.0. The van der Waals surface area contributed by atoms with Crippen molar-refractivity contribution in [3.63, 3.8) is 0 Å². The van der Waals surface area contributed by atoms with E-state index < -0.39 is 5.41 Å². The van der Waals surface area contributed by atoms with Gasteiger partial charge in [-0.15, -0.1) is 0 Å². The first-order valence-electron chi connectivity index (χ1n) is 6.70. The first-order chi connectivity index (χ1) is 9.03. The van der Waals surface area contributed by atoms with Crippen LogP contribution in [0.15, 0.2) is 18.2 Å². The molecule has 19 heavy (non-hydrogen) atoms. The highest BCUT2D eigenvalue weighted by Gasteiger charge is 2.53. The molecular weight excluding hydrogens is 242 g/mol. The molecular formula is C15H17NO3. The highest BCUT2D eigenvalue weighted by molar-refractivity contribution is 6.22. The number of hydrogen-bond donors (Lipinski definition) is 1. The fraction of sp³-hybridized carbons (Fsp3) is 0.467. The van der Waals surface area contributed by atoms with Crippen LogP contribution in [0.1, 0.15) is 37.7 Å². The van der Waals surface area contributed by atoms with E-state index in [0.717, 1.165) is 25.7 Å². The minimum absolute atomic E-state index is 0.0555. The summed E-state index contributed by atoms with van der Waals surface area (Å²) in [5, 5.41) is 9.53. The van der Waals surface area contributed by atoms with Crippen molar-refractivity contribution in [2.24, 2.45) is 5.41 Å². The van der Waals surface area contributed by atoms with E-state index in [2.05, 4.69) is 0 Å². The van der Waals surface area contributed by atoms with Gasteiger partial charge in [0.15, 0.2) is 0 Å². The summed E-state index contributed by atoms with van der Waals surface area (Å²) < 4.78 is 0. The average molecular weight is 259 g/mol. The van der Waals surface area contributed by atoms with E-state index in [1.807, 2.05) is 0 Å². The van der Waals surface area contributed by atoms with Crippen molar-refractivity contribution in [3.05, 3.63) is 23.8 Å². The van der Waals surface area contributed by atoms with E-state index >= 15 is 0 Å². The average Bonchev–Trinajstić information content (AvgIpc) is 2.91. The summed E-state index contributed by atoms with van der Waals surface area (Å²) in [6, 6.07) is 4.86. The third kappa shape index (κ3) is 1.74. The van der Waals surface area contributed by atoms with Crippen molar-refractivity contribution < 1.29 is 14.7 Å². The highest BCUT2D eigenvalue weighted by atomic mass is 16.3. The number of hydrogen-bond acceptors (Lipinski definition) is 3. The summed E-state index contributed by atoms with van der Waals surface area (Å²) in [6.07, 6.45) is 4.05. The monoisotopic (exact) mass is 259 g/mol. The first-order valence-corrected chi connectivity index (χ1v) is 6.70. The van der Waals surface area contributed by atoms with Gasteiger partial charge < -0.3 is 5.11 Å². The first kappa shape index (κ1) is 12.2. The van der Waals surface area contributed by atoms with E-state index in [1.54, 1.807) is 19.1 Å². The molecule has 0 radical (unpaired) electrons. The van der Waals surface area contributed by atoms with E-state index in [1.165, 1.54) is 11.0 Å². The molecule has 0 bridgehead atoms. The molecule has 1 heterocycles. The fourth-order valence-corrected chi connectivity index (χ4v) is 3.28. The topological polar surface area (TPSA) is 57.6 Å². The second-order valence-electron chi connectivity index (χ2n) is 5.67. The lowest BCUT2D eigenvalue weighted by atomic mass is 9.84. The number of phenols is 1. The van der Waals surface area contributed by atoms with Crippen LogP contribution >= 0.6 is 0 Å². The Kier molecular flexibility index (Phi) is 2.62. The van der Waals surface area contributed by atoms with Crippen LogP contribution in [0.4, 0.5) is 5.69 Å². The van der Waals surface area contributed by atoms with Gasteiger partial charge in [0.05, 0.1) is 11.1 Å². The fourth-order valence-electron chi connectivity index (χ4n) is 3.28. The molecule has 1 N–H and O–H groups in total. The van der Waals surface area contributed by atoms with Gasteiger partial charge in [-0.25, -0.2) is 0 Å². The van der Waals surface area contributed by atoms with E-state index in [4.69, 9.17) is 0 Å². The number of aryl methyl sites for hydroxylation is 1. The van der Waals surface area contributed by atoms with Crippen molar-refractivity contribution in [1.29, 1.82) is 0 Å². The zero-order valence-corrected chi connectivity index (χ0v) is 11.0. The molecule has 0 atom stereocenters. The van der Waals surface area contributed by atoms with Gasteiger partial charge in [-0.05, 0) is 43.5 Å². The number of benzene rings is 1. The van der Waals surface area contributed by atoms with Crippen molar-refractivity contribution in [2.45, 2.75) is 39.0 Å². The third-order valence-electron chi connectivity index (χ3n) is 4.40. The lowest BCUT2D eigenvalue weighted by Gasteiger charge is -2.21. The molecule has 4 nitrogen and oxygen atoms in total. The molecule has 1 aromatic rings. The number of aromatic hydroxyl groups is 1.